The van der Waals surface area contributed by atoms with Crippen LogP contribution in [0, 0.1) is 0 Å². The molecule has 2 aromatic rings. The molecule has 0 spiro atoms. The molecule has 1 aromatic heterocycles. The molecule has 0 atom stereocenters. The summed E-state index contributed by atoms with van der Waals surface area (Å²) < 4.78 is 5.39. The predicted octanol–water partition coefficient (Wildman–Crippen LogP) is 2.56. The fourth-order valence-corrected chi connectivity index (χ4v) is 1.60. The summed E-state index contributed by atoms with van der Waals surface area (Å²) in [5.74, 6) is 0.949. The van der Waals surface area contributed by atoms with Gasteiger partial charge in [-0.2, -0.15) is 4.98 Å². The number of ether oxygens (including phenoxy) is 1. The van der Waals surface area contributed by atoms with Crippen LogP contribution in [0.4, 0.5) is 0 Å². The van der Waals surface area contributed by atoms with Gasteiger partial charge in [0.25, 0.3) is 0 Å². The van der Waals surface area contributed by atoms with Gasteiger partial charge in [-0.3, -0.25) is 0 Å². The molecule has 0 bridgehead atoms. The molecular formula is C13H13ClN2O2. The van der Waals surface area contributed by atoms with Gasteiger partial charge in [-0.25, -0.2) is 4.98 Å². The molecule has 0 aliphatic rings. The molecule has 1 aromatic carbocycles. The number of rotatable bonds is 5. The van der Waals surface area contributed by atoms with E-state index in [1.807, 2.05) is 30.3 Å². The number of halogens is 1. The molecule has 0 amide bonds. The Hall–Kier alpha value is -1.65. The van der Waals surface area contributed by atoms with Crippen molar-refractivity contribution in [3.8, 4) is 17.3 Å². The lowest BCUT2D eigenvalue weighted by atomic mass is 10.2. The predicted molar refractivity (Wildman–Crippen MR) is 69.7 cm³/mol. The van der Waals surface area contributed by atoms with Crippen LogP contribution in [0.5, 0.6) is 5.88 Å². The van der Waals surface area contributed by atoms with Gasteiger partial charge in [-0.1, -0.05) is 41.9 Å². The van der Waals surface area contributed by atoms with Crippen molar-refractivity contribution in [1.29, 1.82) is 0 Å². The molecule has 0 saturated heterocycles. The van der Waals surface area contributed by atoms with Crippen molar-refractivity contribution in [2.24, 2.45) is 0 Å². The summed E-state index contributed by atoms with van der Waals surface area (Å²) in [4.78, 5) is 8.43. The molecule has 1 N–H and O–H groups in total. The zero-order valence-electron chi connectivity index (χ0n) is 9.71. The average molecular weight is 265 g/mol. The number of aliphatic hydroxyl groups is 1. The maximum Gasteiger partial charge on any atom is 0.218 e. The lowest BCUT2D eigenvalue weighted by Gasteiger charge is -2.06. The zero-order valence-corrected chi connectivity index (χ0v) is 10.5. The maximum absolute atomic E-state index is 8.69. The highest BCUT2D eigenvalue weighted by Crippen LogP contribution is 2.21. The summed E-state index contributed by atoms with van der Waals surface area (Å²) >= 11 is 5.93. The van der Waals surface area contributed by atoms with Crippen LogP contribution in [0.25, 0.3) is 11.4 Å². The second kappa shape index (κ2) is 6.33. The zero-order chi connectivity index (χ0) is 12.8. The Balaban J connectivity index is 2.21. The maximum atomic E-state index is 8.69. The first-order valence-electron chi connectivity index (χ1n) is 5.63. The van der Waals surface area contributed by atoms with E-state index in [1.165, 1.54) is 0 Å². The first-order valence-corrected chi connectivity index (χ1v) is 6.01. The van der Waals surface area contributed by atoms with Crippen LogP contribution in [-0.4, -0.2) is 28.3 Å². The highest BCUT2D eigenvalue weighted by Gasteiger charge is 2.06. The third-order valence-electron chi connectivity index (χ3n) is 2.26. The largest absolute Gasteiger partial charge is 0.477 e. The Morgan fingerprint density at radius 1 is 1.17 bits per heavy atom. The standard InChI is InChI=1S/C13H13ClN2O2/c14-11-9-12(18-8-4-7-17)16-13(15-11)10-5-2-1-3-6-10/h1-3,5-6,9,17H,4,7-8H2. The van der Waals surface area contributed by atoms with E-state index >= 15 is 0 Å². The SMILES string of the molecule is OCCCOc1cc(Cl)nc(-c2ccccc2)n1. The van der Waals surface area contributed by atoms with Crippen molar-refractivity contribution in [2.75, 3.05) is 13.2 Å². The summed E-state index contributed by atoms with van der Waals surface area (Å²) in [7, 11) is 0. The Kier molecular flexibility index (Phi) is 4.50. The number of hydrogen-bond acceptors (Lipinski definition) is 4. The third kappa shape index (κ3) is 3.42. The Bertz CT molecular complexity index is 506. The molecule has 18 heavy (non-hydrogen) atoms. The van der Waals surface area contributed by atoms with Crippen LogP contribution >= 0.6 is 11.6 Å². The van der Waals surface area contributed by atoms with Crippen molar-refractivity contribution >= 4 is 11.6 Å². The van der Waals surface area contributed by atoms with E-state index in [0.29, 0.717) is 29.9 Å². The Morgan fingerprint density at radius 2 is 1.94 bits per heavy atom. The summed E-state index contributed by atoms with van der Waals surface area (Å²) in [6.07, 6.45) is 0.558. The van der Waals surface area contributed by atoms with Crippen molar-refractivity contribution in [1.82, 2.24) is 9.97 Å². The molecule has 5 heteroatoms. The molecule has 2 rings (SSSR count). The topological polar surface area (TPSA) is 55.2 Å². The Morgan fingerprint density at radius 3 is 2.67 bits per heavy atom. The lowest BCUT2D eigenvalue weighted by molar-refractivity contribution is 0.229. The smallest absolute Gasteiger partial charge is 0.218 e. The monoisotopic (exact) mass is 264 g/mol. The second-order valence-corrected chi connectivity index (χ2v) is 4.03. The molecule has 0 radical (unpaired) electrons. The average Bonchev–Trinajstić information content (AvgIpc) is 2.39. The van der Waals surface area contributed by atoms with Gasteiger partial charge in [0.2, 0.25) is 5.88 Å². The van der Waals surface area contributed by atoms with E-state index in [-0.39, 0.29) is 6.61 Å². The number of aliphatic hydroxyl groups excluding tert-OH is 1. The summed E-state index contributed by atoms with van der Waals surface area (Å²) in [6, 6.07) is 11.1. The van der Waals surface area contributed by atoms with E-state index in [9.17, 15) is 0 Å². The molecule has 0 saturated carbocycles. The third-order valence-corrected chi connectivity index (χ3v) is 2.45. The minimum Gasteiger partial charge on any atom is -0.477 e. The number of nitrogens with zero attached hydrogens (tertiary/aromatic N) is 2. The number of aromatic nitrogens is 2. The summed E-state index contributed by atoms with van der Waals surface area (Å²) in [5.41, 5.74) is 0.881. The van der Waals surface area contributed by atoms with Crippen molar-refractivity contribution in [3.63, 3.8) is 0 Å². The van der Waals surface area contributed by atoms with E-state index < -0.39 is 0 Å². The number of hydrogen-bond donors (Lipinski definition) is 1. The minimum atomic E-state index is 0.0877. The van der Waals surface area contributed by atoms with Crippen LogP contribution in [0.3, 0.4) is 0 Å². The molecule has 4 nitrogen and oxygen atoms in total. The molecule has 0 fully saturated rings. The van der Waals surface area contributed by atoms with Crippen LogP contribution < -0.4 is 4.74 Å². The second-order valence-electron chi connectivity index (χ2n) is 3.64. The molecule has 1 heterocycles. The van der Waals surface area contributed by atoms with Crippen molar-refractivity contribution in [2.45, 2.75) is 6.42 Å². The van der Waals surface area contributed by atoms with Gasteiger partial charge < -0.3 is 9.84 Å². The fourth-order valence-electron chi connectivity index (χ4n) is 1.43. The lowest BCUT2D eigenvalue weighted by Crippen LogP contribution is -2.02. The fraction of sp³-hybridized carbons (Fsp3) is 0.231. The molecule has 0 aliphatic heterocycles. The molecule has 0 unspecified atom stereocenters. The van der Waals surface area contributed by atoms with E-state index in [0.717, 1.165) is 5.56 Å². The van der Waals surface area contributed by atoms with E-state index in [2.05, 4.69) is 9.97 Å². The van der Waals surface area contributed by atoms with Gasteiger partial charge in [0.05, 0.1) is 6.61 Å². The highest BCUT2D eigenvalue weighted by atomic mass is 35.5. The first-order chi connectivity index (χ1) is 8.79. The van der Waals surface area contributed by atoms with Crippen LogP contribution in [-0.2, 0) is 0 Å². The van der Waals surface area contributed by atoms with Gasteiger partial charge in [-0.05, 0) is 0 Å². The minimum absolute atomic E-state index is 0.0877. The van der Waals surface area contributed by atoms with Crippen LogP contribution in [0.15, 0.2) is 36.4 Å². The van der Waals surface area contributed by atoms with E-state index in [4.69, 9.17) is 21.4 Å². The van der Waals surface area contributed by atoms with Crippen molar-refractivity contribution < 1.29 is 9.84 Å². The van der Waals surface area contributed by atoms with Crippen molar-refractivity contribution in [3.05, 3.63) is 41.6 Å². The van der Waals surface area contributed by atoms with Gasteiger partial charge in [-0.15, -0.1) is 0 Å². The molecular weight excluding hydrogens is 252 g/mol. The van der Waals surface area contributed by atoms with Gasteiger partial charge in [0.1, 0.15) is 5.15 Å². The van der Waals surface area contributed by atoms with Crippen LogP contribution in [0.2, 0.25) is 5.15 Å². The first kappa shape index (κ1) is 12.8. The number of benzene rings is 1. The normalized spacial score (nSPS) is 10.3. The highest BCUT2D eigenvalue weighted by molar-refractivity contribution is 6.29. The molecule has 94 valence electrons. The quantitative estimate of drug-likeness (QED) is 0.666. The van der Waals surface area contributed by atoms with Gasteiger partial charge >= 0.3 is 0 Å². The van der Waals surface area contributed by atoms with Gasteiger partial charge in [0.15, 0.2) is 5.82 Å². The summed E-state index contributed by atoms with van der Waals surface area (Å²) in [5, 5.41) is 9.03. The van der Waals surface area contributed by atoms with E-state index in [1.54, 1.807) is 6.07 Å². The molecule has 0 aliphatic carbocycles. The van der Waals surface area contributed by atoms with Gasteiger partial charge in [0, 0.05) is 24.7 Å². The summed E-state index contributed by atoms with van der Waals surface area (Å²) in [6.45, 7) is 0.489. The Labute approximate surface area is 110 Å². The van der Waals surface area contributed by atoms with Crippen LogP contribution in [0.1, 0.15) is 6.42 Å².